The van der Waals surface area contributed by atoms with Crippen molar-refractivity contribution >= 4 is 29.1 Å². The van der Waals surface area contributed by atoms with Gasteiger partial charge in [0.25, 0.3) is 11.5 Å². The lowest BCUT2D eigenvalue weighted by Gasteiger charge is -2.42. The van der Waals surface area contributed by atoms with E-state index in [4.69, 9.17) is 23.2 Å². The molecule has 0 saturated carbocycles. The van der Waals surface area contributed by atoms with E-state index >= 15 is 0 Å². The minimum absolute atomic E-state index is 0.0212. The van der Waals surface area contributed by atoms with Crippen LogP contribution in [0.3, 0.4) is 0 Å². The monoisotopic (exact) mass is 505 g/mol. The lowest BCUT2D eigenvalue weighted by Crippen LogP contribution is -2.49. The molecule has 2 aliphatic heterocycles. The van der Waals surface area contributed by atoms with E-state index in [1.165, 1.54) is 0 Å². The largest absolute Gasteiger partial charge is 0.336 e. The van der Waals surface area contributed by atoms with Gasteiger partial charge in [0.15, 0.2) is 5.69 Å². The number of hydrogen-bond donors (Lipinski definition) is 0. The van der Waals surface area contributed by atoms with E-state index in [0.717, 1.165) is 23.4 Å². The summed E-state index contributed by atoms with van der Waals surface area (Å²) in [6.45, 7) is 1.73. The molecular formula is C26H21Cl2N5O2. The van der Waals surface area contributed by atoms with Crippen LogP contribution in [0.1, 0.15) is 28.5 Å². The van der Waals surface area contributed by atoms with Crippen molar-refractivity contribution < 1.29 is 4.79 Å². The van der Waals surface area contributed by atoms with Gasteiger partial charge < -0.3 is 9.47 Å². The second-order valence-corrected chi connectivity index (χ2v) is 9.96. The lowest BCUT2D eigenvalue weighted by atomic mass is 9.83. The van der Waals surface area contributed by atoms with Crippen molar-refractivity contribution in [2.75, 3.05) is 13.1 Å². The molecule has 2 atom stereocenters. The normalized spacial score (nSPS) is 18.9. The summed E-state index contributed by atoms with van der Waals surface area (Å²) in [4.78, 5) is 28.1. The van der Waals surface area contributed by atoms with E-state index in [1.807, 2.05) is 39.8 Å². The molecule has 6 rings (SSSR count). The number of fused-ring (bicyclic) bond motifs is 4. The van der Waals surface area contributed by atoms with Gasteiger partial charge in [-0.15, -0.1) is 5.10 Å². The summed E-state index contributed by atoms with van der Waals surface area (Å²) in [6.07, 6.45) is 0.967. The van der Waals surface area contributed by atoms with Crippen LogP contribution >= 0.6 is 23.2 Å². The van der Waals surface area contributed by atoms with Gasteiger partial charge in [-0.05, 0) is 54.8 Å². The number of amides is 1. The molecule has 7 nitrogen and oxygen atoms in total. The first kappa shape index (κ1) is 22.1. The lowest BCUT2D eigenvalue weighted by molar-refractivity contribution is 0.0589. The number of rotatable bonds is 3. The minimum Gasteiger partial charge on any atom is -0.336 e. The third-order valence-electron chi connectivity index (χ3n) is 6.83. The molecule has 1 amide bonds. The number of halogens is 2. The predicted molar refractivity (Wildman–Crippen MR) is 134 cm³/mol. The molecule has 1 fully saturated rings. The zero-order chi connectivity index (χ0) is 24.1. The first-order valence-corrected chi connectivity index (χ1v) is 12.2. The molecule has 2 bridgehead atoms. The molecule has 1 saturated heterocycles. The zero-order valence-electron chi connectivity index (χ0n) is 18.6. The number of benzene rings is 2. The zero-order valence-corrected chi connectivity index (χ0v) is 20.2. The average Bonchev–Trinajstić information content (AvgIpc) is 3.30. The molecule has 4 heterocycles. The molecule has 176 valence electrons. The van der Waals surface area contributed by atoms with Crippen molar-refractivity contribution in [3.63, 3.8) is 0 Å². The summed E-state index contributed by atoms with van der Waals surface area (Å²) in [7, 11) is 0. The van der Waals surface area contributed by atoms with Gasteiger partial charge in [-0.25, -0.2) is 4.68 Å². The van der Waals surface area contributed by atoms with Crippen molar-refractivity contribution in [3.8, 4) is 16.9 Å². The van der Waals surface area contributed by atoms with Gasteiger partial charge >= 0.3 is 0 Å². The highest BCUT2D eigenvalue weighted by Crippen LogP contribution is 2.36. The maximum Gasteiger partial charge on any atom is 0.276 e. The number of likely N-dealkylation sites (tertiary alicyclic amines) is 1. The Bertz CT molecular complexity index is 1480. The Morgan fingerprint density at radius 2 is 1.60 bits per heavy atom. The van der Waals surface area contributed by atoms with Crippen LogP contribution in [0.15, 0.2) is 71.5 Å². The molecule has 0 spiro atoms. The second-order valence-electron chi connectivity index (χ2n) is 9.09. The molecule has 35 heavy (non-hydrogen) atoms. The van der Waals surface area contributed by atoms with Crippen LogP contribution in [0.2, 0.25) is 10.0 Å². The SMILES string of the molecule is O=C(c1nnn(-c2ccc(Cl)cc2)c1-c1ccc(Cl)cc1)N1C[C@@H]2C[C@H](C1)c1cccc(=O)n1C2. The molecule has 0 aliphatic carbocycles. The van der Waals surface area contributed by atoms with E-state index in [0.29, 0.717) is 35.4 Å². The number of piperidine rings is 1. The highest BCUT2D eigenvalue weighted by molar-refractivity contribution is 6.30. The summed E-state index contributed by atoms with van der Waals surface area (Å²) >= 11 is 12.2. The molecule has 2 aliphatic rings. The Morgan fingerprint density at radius 3 is 2.34 bits per heavy atom. The maximum atomic E-state index is 13.9. The Hall–Kier alpha value is -3.42. The summed E-state index contributed by atoms with van der Waals surface area (Å²) in [5, 5.41) is 9.90. The highest BCUT2D eigenvalue weighted by Gasteiger charge is 2.38. The first-order valence-electron chi connectivity index (χ1n) is 11.4. The van der Waals surface area contributed by atoms with E-state index < -0.39 is 0 Å². The standard InChI is InChI=1S/C26H21Cl2N5O2/c27-19-6-4-17(5-7-19)25-24(29-30-33(25)21-10-8-20(28)9-11-21)26(35)31-13-16-12-18(15-31)22-2-1-3-23(34)32(22)14-16/h1-11,16,18H,12-15H2/t16-,18+/m0/s1. The Labute approximate surface area is 211 Å². The van der Waals surface area contributed by atoms with Crippen LogP contribution in [0.4, 0.5) is 0 Å². The van der Waals surface area contributed by atoms with Crippen LogP contribution in [-0.4, -0.2) is 43.5 Å². The minimum atomic E-state index is -0.170. The Balaban J connectivity index is 1.40. The topological polar surface area (TPSA) is 73.0 Å². The average molecular weight is 506 g/mol. The second kappa shape index (κ2) is 8.66. The number of carbonyl (C=O) groups excluding carboxylic acids is 1. The van der Waals surface area contributed by atoms with Crippen molar-refractivity contribution in [1.82, 2.24) is 24.5 Å². The molecule has 9 heteroatoms. The smallest absolute Gasteiger partial charge is 0.276 e. The Morgan fingerprint density at radius 1 is 0.886 bits per heavy atom. The molecule has 2 aromatic carbocycles. The fourth-order valence-corrected chi connectivity index (χ4v) is 5.52. The van der Waals surface area contributed by atoms with Crippen molar-refractivity contribution in [2.45, 2.75) is 18.9 Å². The van der Waals surface area contributed by atoms with E-state index in [2.05, 4.69) is 10.3 Å². The third-order valence-corrected chi connectivity index (χ3v) is 7.33. The number of aromatic nitrogens is 4. The van der Waals surface area contributed by atoms with Gasteiger partial charge in [0.1, 0.15) is 5.69 Å². The quantitative estimate of drug-likeness (QED) is 0.405. The highest BCUT2D eigenvalue weighted by atomic mass is 35.5. The predicted octanol–water partition coefficient (Wildman–Crippen LogP) is 4.66. The third kappa shape index (κ3) is 3.94. The molecule has 2 aromatic heterocycles. The first-order chi connectivity index (χ1) is 17.0. The van der Waals surface area contributed by atoms with Crippen molar-refractivity contribution in [3.05, 3.63) is 98.5 Å². The fourth-order valence-electron chi connectivity index (χ4n) is 5.27. The van der Waals surface area contributed by atoms with E-state index in [9.17, 15) is 9.59 Å². The van der Waals surface area contributed by atoms with Crippen LogP contribution in [-0.2, 0) is 6.54 Å². The number of nitrogens with zero attached hydrogens (tertiary/aromatic N) is 5. The maximum absolute atomic E-state index is 13.9. The fraction of sp³-hybridized carbons (Fsp3) is 0.231. The number of pyridine rings is 1. The number of hydrogen-bond acceptors (Lipinski definition) is 4. The van der Waals surface area contributed by atoms with Crippen LogP contribution in [0.5, 0.6) is 0 Å². The van der Waals surface area contributed by atoms with Crippen molar-refractivity contribution in [2.24, 2.45) is 5.92 Å². The van der Waals surface area contributed by atoms with Gasteiger partial charge in [-0.3, -0.25) is 9.59 Å². The van der Waals surface area contributed by atoms with E-state index in [1.54, 1.807) is 41.1 Å². The molecule has 0 unspecified atom stereocenters. The van der Waals surface area contributed by atoms with Crippen LogP contribution in [0.25, 0.3) is 16.9 Å². The summed E-state index contributed by atoms with van der Waals surface area (Å²) < 4.78 is 3.52. The molecular weight excluding hydrogens is 485 g/mol. The van der Waals surface area contributed by atoms with Gasteiger partial charge in [-0.2, -0.15) is 0 Å². The number of carbonyl (C=O) groups is 1. The molecule has 0 radical (unpaired) electrons. The van der Waals surface area contributed by atoms with E-state index in [-0.39, 0.29) is 29.0 Å². The summed E-state index contributed by atoms with van der Waals surface area (Å²) in [5.41, 5.74) is 3.43. The van der Waals surface area contributed by atoms with Crippen molar-refractivity contribution in [1.29, 1.82) is 0 Å². The van der Waals surface area contributed by atoms with Gasteiger partial charge in [-0.1, -0.05) is 46.6 Å². The van der Waals surface area contributed by atoms with Gasteiger partial charge in [0.2, 0.25) is 0 Å². The molecule has 4 aromatic rings. The van der Waals surface area contributed by atoms with Crippen LogP contribution < -0.4 is 5.56 Å². The van der Waals surface area contributed by atoms with Crippen LogP contribution in [0, 0.1) is 5.92 Å². The summed E-state index contributed by atoms with van der Waals surface area (Å²) in [6, 6.07) is 19.9. The summed E-state index contributed by atoms with van der Waals surface area (Å²) in [5.74, 6) is 0.165. The van der Waals surface area contributed by atoms with Gasteiger partial charge in [0.05, 0.1) is 5.69 Å². The molecule has 0 N–H and O–H groups in total. The Kier molecular flexibility index (Phi) is 5.46. The van der Waals surface area contributed by atoms with Gasteiger partial charge in [0, 0.05) is 52.9 Å².